The predicted octanol–water partition coefficient (Wildman–Crippen LogP) is 1.50. The standard InChI is InChI=1S/C16H28N4O/c1-5-17-16(19-12-13-21-4)18-11-10-14-6-8-15(9-7-14)20(2)3/h6-9H,5,10-13H2,1-4H3,(H2,17,18,19). The summed E-state index contributed by atoms with van der Waals surface area (Å²) in [5.41, 5.74) is 2.54. The van der Waals surface area contributed by atoms with Gasteiger partial charge in [0.1, 0.15) is 0 Å². The van der Waals surface area contributed by atoms with Gasteiger partial charge in [-0.15, -0.1) is 0 Å². The summed E-state index contributed by atoms with van der Waals surface area (Å²) in [5.74, 6) is 0.847. The number of guanidine groups is 1. The Hall–Kier alpha value is -1.75. The molecule has 21 heavy (non-hydrogen) atoms. The number of rotatable bonds is 8. The van der Waals surface area contributed by atoms with Crippen molar-refractivity contribution < 1.29 is 4.74 Å². The normalized spacial score (nSPS) is 11.3. The van der Waals surface area contributed by atoms with Gasteiger partial charge in [-0.2, -0.15) is 0 Å². The molecule has 5 heteroatoms. The Morgan fingerprint density at radius 2 is 1.90 bits per heavy atom. The summed E-state index contributed by atoms with van der Waals surface area (Å²) in [4.78, 5) is 6.54. The monoisotopic (exact) mass is 292 g/mol. The average molecular weight is 292 g/mol. The van der Waals surface area contributed by atoms with Crippen molar-refractivity contribution in [3.63, 3.8) is 0 Å². The molecule has 1 rings (SSSR count). The summed E-state index contributed by atoms with van der Waals surface area (Å²) in [7, 11) is 5.79. The summed E-state index contributed by atoms with van der Waals surface area (Å²) in [6, 6.07) is 8.64. The van der Waals surface area contributed by atoms with E-state index < -0.39 is 0 Å². The molecule has 0 heterocycles. The van der Waals surface area contributed by atoms with Crippen LogP contribution in [0.25, 0.3) is 0 Å². The molecular formula is C16H28N4O. The smallest absolute Gasteiger partial charge is 0.191 e. The van der Waals surface area contributed by atoms with E-state index in [-0.39, 0.29) is 0 Å². The molecule has 0 aromatic heterocycles. The number of hydrogen-bond donors (Lipinski definition) is 2. The Morgan fingerprint density at radius 3 is 2.48 bits per heavy atom. The molecule has 0 amide bonds. The maximum atomic E-state index is 5.01. The summed E-state index contributed by atoms with van der Waals surface area (Å²) in [6.45, 7) is 5.09. The van der Waals surface area contributed by atoms with Crippen molar-refractivity contribution in [2.45, 2.75) is 13.3 Å². The third-order valence-corrected chi connectivity index (χ3v) is 3.07. The highest BCUT2D eigenvalue weighted by Crippen LogP contribution is 2.12. The maximum absolute atomic E-state index is 5.01. The van der Waals surface area contributed by atoms with Gasteiger partial charge in [0, 0.05) is 40.0 Å². The number of anilines is 1. The summed E-state index contributed by atoms with van der Waals surface area (Å²) in [5, 5.41) is 6.57. The van der Waals surface area contributed by atoms with Crippen LogP contribution in [0.5, 0.6) is 0 Å². The van der Waals surface area contributed by atoms with Gasteiger partial charge in [0.2, 0.25) is 0 Å². The molecule has 0 saturated carbocycles. The van der Waals surface area contributed by atoms with Crippen LogP contribution in [0.2, 0.25) is 0 Å². The summed E-state index contributed by atoms with van der Waals surface area (Å²) in [6.07, 6.45) is 0.975. The van der Waals surface area contributed by atoms with E-state index in [0.717, 1.165) is 25.5 Å². The minimum absolute atomic E-state index is 0.641. The van der Waals surface area contributed by atoms with E-state index in [1.807, 2.05) is 0 Å². The molecule has 0 aliphatic rings. The maximum Gasteiger partial charge on any atom is 0.191 e. The molecule has 2 N–H and O–H groups in total. The van der Waals surface area contributed by atoms with E-state index >= 15 is 0 Å². The van der Waals surface area contributed by atoms with Crippen molar-refractivity contribution in [1.82, 2.24) is 10.6 Å². The Bertz CT molecular complexity index is 415. The number of nitrogens with one attached hydrogen (secondary N) is 2. The van der Waals surface area contributed by atoms with Crippen molar-refractivity contribution >= 4 is 11.6 Å². The topological polar surface area (TPSA) is 48.9 Å². The first-order valence-electron chi connectivity index (χ1n) is 7.44. The second-order valence-corrected chi connectivity index (χ2v) is 4.99. The van der Waals surface area contributed by atoms with Crippen molar-refractivity contribution in [3.8, 4) is 0 Å². The van der Waals surface area contributed by atoms with Crippen LogP contribution in [-0.2, 0) is 11.2 Å². The van der Waals surface area contributed by atoms with E-state index in [9.17, 15) is 0 Å². The Morgan fingerprint density at radius 1 is 1.19 bits per heavy atom. The van der Waals surface area contributed by atoms with Crippen LogP contribution >= 0.6 is 0 Å². The number of ether oxygens (including phenoxy) is 1. The SMILES string of the molecule is CCNC(=NCCOC)NCCc1ccc(N(C)C)cc1. The fraction of sp³-hybridized carbons (Fsp3) is 0.562. The minimum atomic E-state index is 0.641. The van der Waals surface area contributed by atoms with E-state index in [0.29, 0.717) is 13.2 Å². The zero-order valence-electron chi connectivity index (χ0n) is 13.6. The lowest BCUT2D eigenvalue weighted by Crippen LogP contribution is -2.38. The molecule has 1 aromatic rings. The Kier molecular flexibility index (Phi) is 8.28. The van der Waals surface area contributed by atoms with Gasteiger partial charge < -0.3 is 20.3 Å². The number of benzene rings is 1. The van der Waals surface area contributed by atoms with Crippen molar-refractivity contribution in [2.75, 3.05) is 52.3 Å². The molecule has 0 spiro atoms. The largest absolute Gasteiger partial charge is 0.383 e. The van der Waals surface area contributed by atoms with Crippen LogP contribution in [0.1, 0.15) is 12.5 Å². The second kappa shape index (κ2) is 10.0. The molecule has 0 aliphatic heterocycles. The van der Waals surface area contributed by atoms with Gasteiger partial charge in [-0.1, -0.05) is 12.1 Å². The quantitative estimate of drug-likeness (QED) is 0.433. The van der Waals surface area contributed by atoms with E-state index in [2.05, 4.69) is 65.8 Å². The molecule has 1 aromatic carbocycles. The summed E-state index contributed by atoms with van der Waals surface area (Å²) >= 11 is 0. The molecule has 0 atom stereocenters. The van der Waals surface area contributed by atoms with Crippen LogP contribution in [0, 0.1) is 0 Å². The Balaban J connectivity index is 2.40. The number of aliphatic imine (C=N–C) groups is 1. The van der Waals surface area contributed by atoms with Gasteiger partial charge in [-0.25, -0.2) is 0 Å². The van der Waals surface area contributed by atoms with Crippen molar-refractivity contribution in [1.29, 1.82) is 0 Å². The van der Waals surface area contributed by atoms with Gasteiger partial charge in [0.25, 0.3) is 0 Å². The number of nitrogens with zero attached hydrogens (tertiary/aromatic N) is 2. The van der Waals surface area contributed by atoms with E-state index in [1.165, 1.54) is 11.3 Å². The van der Waals surface area contributed by atoms with Gasteiger partial charge in [0.05, 0.1) is 13.2 Å². The fourth-order valence-corrected chi connectivity index (χ4v) is 1.88. The molecule has 5 nitrogen and oxygen atoms in total. The lowest BCUT2D eigenvalue weighted by molar-refractivity contribution is 0.208. The van der Waals surface area contributed by atoms with E-state index in [1.54, 1.807) is 7.11 Å². The number of methoxy groups -OCH3 is 1. The van der Waals surface area contributed by atoms with Crippen LogP contribution in [0.3, 0.4) is 0 Å². The molecular weight excluding hydrogens is 264 g/mol. The lowest BCUT2D eigenvalue weighted by atomic mass is 10.1. The summed E-state index contributed by atoms with van der Waals surface area (Å²) < 4.78 is 5.01. The fourth-order valence-electron chi connectivity index (χ4n) is 1.88. The highest BCUT2D eigenvalue weighted by molar-refractivity contribution is 5.79. The van der Waals surface area contributed by atoms with Crippen LogP contribution in [-0.4, -0.2) is 53.4 Å². The van der Waals surface area contributed by atoms with Crippen molar-refractivity contribution in [3.05, 3.63) is 29.8 Å². The molecule has 0 radical (unpaired) electrons. The van der Waals surface area contributed by atoms with Gasteiger partial charge >= 0.3 is 0 Å². The average Bonchev–Trinajstić information content (AvgIpc) is 2.48. The molecule has 0 fully saturated rings. The van der Waals surface area contributed by atoms with Crippen LogP contribution in [0.15, 0.2) is 29.3 Å². The van der Waals surface area contributed by atoms with Crippen molar-refractivity contribution in [2.24, 2.45) is 4.99 Å². The lowest BCUT2D eigenvalue weighted by Gasteiger charge is -2.13. The zero-order chi connectivity index (χ0) is 15.5. The molecule has 118 valence electrons. The molecule has 0 unspecified atom stereocenters. The molecule has 0 saturated heterocycles. The minimum Gasteiger partial charge on any atom is -0.383 e. The second-order valence-electron chi connectivity index (χ2n) is 4.99. The van der Waals surface area contributed by atoms with E-state index in [4.69, 9.17) is 4.74 Å². The third kappa shape index (κ3) is 6.99. The first kappa shape index (κ1) is 17.3. The van der Waals surface area contributed by atoms with Gasteiger partial charge in [-0.3, -0.25) is 4.99 Å². The number of hydrogen-bond acceptors (Lipinski definition) is 3. The van der Waals surface area contributed by atoms with Crippen LogP contribution < -0.4 is 15.5 Å². The highest BCUT2D eigenvalue weighted by Gasteiger charge is 1.99. The van der Waals surface area contributed by atoms with Crippen LogP contribution in [0.4, 0.5) is 5.69 Å². The first-order valence-corrected chi connectivity index (χ1v) is 7.44. The zero-order valence-corrected chi connectivity index (χ0v) is 13.6. The Labute approximate surface area is 128 Å². The van der Waals surface area contributed by atoms with Gasteiger partial charge in [-0.05, 0) is 31.0 Å². The predicted molar refractivity (Wildman–Crippen MR) is 90.3 cm³/mol. The third-order valence-electron chi connectivity index (χ3n) is 3.07. The highest BCUT2D eigenvalue weighted by atomic mass is 16.5. The van der Waals surface area contributed by atoms with Gasteiger partial charge in [0.15, 0.2) is 5.96 Å². The molecule has 0 aliphatic carbocycles. The first-order chi connectivity index (χ1) is 10.2. The molecule has 0 bridgehead atoms.